The molecule has 0 aliphatic heterocycles. The summed E-state index contributed by atoms with van der Waals surface area (Å²) in [6, 6.07) is 8.22. The van der Waals surface area contributed by atoms with Crippen LogP contribution in [0.4, 0.5) is 0 Å². The molecule has 0 aliphatic rings. The Hall–Kier alpha value is -1.78. The van der Waals surface area contributed by atoms with Crippen molar-refractivity contribution in [3.8, 4) is 11.4 Å². The first kappa shape index (κ1) is 13.6. The van der Waals surface area contributed by atoms with Crippen molar-refractivity contribution in [3.63, 3.8) is 0 Å². The number of hydrogen-bond donors (Lipinski definition) is 2. The molecule has 100 valence electrons. The number of aliphatic hydroxyl groups is 1. The van der Waals surface area contributed by atoms with Crippen LogP contribution in [-0.4, -0.2) is 27.7 Å². The second-order valence-corrected chi connectivity index (χ2v) is 4.75. The van der Waals surface area contributed by atoms with Crippen molar-refractivity contribution in [1.29, 1.82) is 0 Å². The molecule has 0 amide bonds. The zero-order valence-corrected chi connectivity index (χ0v) is 11.3. The largest absolute Gasteiger partial charge is 0.395 e. The van der Waals surface area contributed by atoms with Crippen molar-refractivity contribution < 1.29 is 5.11 Å². The van der Waals surface area contributed by atoms with Gasteiger partial charge in [-0.3, -0.25) is 0 Å². The molecule has 0 aliphatic carbocycles. The van der Waals surface area contributed by atoms with E-state index in [0.29, 0.717) is 6.54 Å². The van der Waals surface area contributed by atoms with Gasteiger partial charge in [0, 0.05) is 36.1 Å². The lowest BCUT2D eigenvalue weighted by atomic mass is 10.1. The lowest BCUT2D eigenvalue weighted by molar-refractivity contribution is 0.251. The highest BCUT2D eigenvalue weighted by molar-refractivity contribution is 5.55. The summed E-state index contributed by atoms with van der Waals surface area (Å²) in [5, 5.41) is 12.1. The van der Waals surface area contributed by atoms with E-state index in [1.165, 1.54) is 5.56 Å². The van der Waals surface area contributed by atoms with Crippen LogP contribution >= 0.6 is 0 Å². The highest BCUT2D eigenvalue weighted by Crippen LogP contribution is 2.15. The standard InChI is InChI=1S/C15H19N3O/c1-11-4-3-5-14(6-11)15-17-8-13(9-18-15)7-16-12(2)10-19/h3-6,8-9,12,16,19H,7,10H2,1-2H3/t12-/m0/s1. The number of aryl methyl sites for hydroxylation is 1. The van der Waals surface area contributed by atoms with Crippen LogP contribution < -0.4 is 5.32 Å². The number of hydrogen-bond acceptors (Lipinski definition) is 4. The van der Waals surface area contributed by atoms with E-state index in [4.69, 9.17) is 5.11 Å². The average Bonchev–Trinajstić information content (AvgIpc) is 2.45. The van der Waals surface area contributed by atoms with E-state index in [1.54, 1.807) is 0 Å². The van der Waals surface area contributed by atoms with Crippen LogP contribution in [0.1, 0.15) is 18.1 Å². The zero-order chi connectivity index (χ0) is 13.7. The maximum absolute atomic E-state index is 8.94. The molecule has 1 heterocycles. The Morgan fingerprint density at radius 1 is 1.26 bits per heavy atom. The van der Waals surface area contributed by atoms with Gasteiger partial charge >= 0.3 is 0 Å². The lowest BCUT2D eigenvalue weighted by Gasteiger charge is -2.10. The molecule has 0 saturated carbocycles. The first-order valence-electron chi connectivity index (χ1n) is 6.41. The molecule has 2 aromatic rings. The second-order valence-electron chi connectivity index (χ2n) is 4.75. The van der Waals surface area contributed by atoms with Gasteiger partial charge in [-0.05, 0) is 19.9 Å². The van der Waals surface area contributed by atoms with Crippen LogP contribution in [-0.2, 0) is 6.54 Å². The molecule has 0 spiro atoms. The van der Waals surface area contributed by atoms with Crippen molar-refractivity contribution in [3.05, 3.63) is 47.8 Å². The summed E-state index contributed by atoms with van der Waals surface area (Å²) in [4.78, 5) is 8.76. The van der Waals surface area contributed by atoms with Crippen LogP contribution in [0.15, 0.2) is 36.7 Å². The van der Waals surface area contributed by atoms with E-state index in [9.17, 15) is 0 Å². The highest BCUT2D eigenvalue weighted by Gasteiger charge is 2.03. The molecule has 4 nitrogen and oxygen atoms in total. The SMILES string of the molecule is Cc1cccc(-c2ncc(CN[C@@H](C)CO)cn2)c1. The summed E-state index contributed by atoms with van der Waals surface area (Å²) >= 11 is 0. The lowest BCUT2D eigenvalue weighted by Crippen LogP contribution is -2.28. The maximum Gasteiger partial charge on any atom is 0.159 e. The summed E-state index contributed by atoms with van der Waals surface area (Å²) < 4.78 is 0. The number of nitrogens with zero attached hydrogens (tertiary/aromatic N) is 2. The monoisotopic (exact) mass is 257 g/mol. The molecule has 1 aromatic carbocycles. The Balaban J connectivity index is 2.06. The fourth-order valence-corrected chi connectivity index (χ4v) is 1.74. The fraction of sp³-hybridized carbons (Fsp3) is 0.333. The molecule has 2 rings (SSSR count). The predicted molar refractivity (Wildman–Crippen MR) is 75.6 cm³/mol. The second kappa shape index (κ2) is 6.41. The summed E-state index contributed by atoms with van der Waals surface area (Å²) in [6.07, 6.45) is 3.64. The molecule has 0 fully saturated rings. The van der Waals surface area contributed by atoms with E-state index in [-0.39, 0.29) is 12.6 Å². The van der Waals surface area contributed by atoms with Crippen LogP contribution in [0.5, 0.6) is 0 Å². The Morgan fingerprint density at radius 2 is 2.00 bits per heavy atom. The average molecular weight is 257 g/mol. The minimum absolute atomic E-state index is 0.0800. The quantitative estimate of drug-likeness (QED) is 0.859. The van der Waals surface area contributed by atoms with Crippen LogP contribution in [0.25, 0.3) is 11.4 Å². The molecule has 0 bridgehead atoms. The van der Waals surface area contributed by atoms with Crippen molar-refractivity contribution in [1.82, 2.24) is 15.3 Å². The highest BCUT2D eigenvalue weighted by atomic mass is 16.3. The molecule has 0 radical (unpaired) electrons. The van der Waals surface area contributed by atoms with Crippen LogP contribution in [0, 0.1) is 6.92 Å². The number of aliphatic hydroxyl groups excluding tert-OH is 1. The summed E-state index contributed by atoms with van der Waals surface area (Å²) in [7, 11) is 0. The zero-order valence-electron chi connectivity index (χ0n) is 11.3. The summed E-state index contributed by atoms with van der Waals surface area (Å²) in [6.45, 7) is 4.78. The van der Waals surface area contributed by atoms with Gasteiger partial charge in [-0.1, -0.05) is 23.8 Å². The summed E-state index contributed by atoms with van der Waals surface area (Å²) in [5.41, 5.74) is 3.24. The topological polar surface area (TPSA) is 58.0 Å². The fourth-order valence-electron chi connectivity index (χ4n) is 1.74. The van der Waals surface area contributed by atoms with E-state index < -0.39 is 0 Å². The van der Waals surface area contributed by atoms with Gasteiger partial charge in [0.25, 0.3) is 0 Å². The number of rotatable bonds is 5. The van der Waals surface area contributed by atoms with Gasteiger partial charge in [-0.25, -0.2) is 9.97 Å². The molecule has 2 N–H and O–H groups in total. The Labute approximate surface area is 113 Å². The van der Waals surface area contributed by atoms with Gasteiger partial charge in [0.05, 0.1) is 6.61 Å². The molecule has 0 saturated heterocycles. The normalized spacial score (nSPS) is 12.4. The molecule has 1 atom stereocenters. The van der Waals surface area contributed by atoms with E-state index >= 15 is 0 Å². The number of nitrogens with one attached hydrogen (secondary N) is 1. The Kier molecular flexibility index (Phi) is 4.60. The first-order chi connectivity index (χ1) is 9.19. The van der Waals surface area contributed by atoms with Crippen molar-refractivity contribution in [2.24, 2.45) is 0 Å². The van der Waals surface area contributed by atoms with Crippen molar-refractivity contribution in [2.75, 3.05) is 6.61 Å². The number of benzene rings is 1. The Morgan fingerprint density at radius 3 is 2.63 bits per heavy atom. The molecule has 1 aromatic heterocycles. The maximum atomic E-state index is 8.94. The number of aromatic nitrogens is 2. The minimum Gasteiger partial charge on any atom is -0.395 e. The minimum atomic E-state index is 0.0800. The smallest absolute Gasteiger partial charge is 0.159 e. The molecule has 4 heteroatoms. The third kappa shape index (κ3) is 3.84. The van der Waals surface area contributed by atoms with Crippen molar-refractivity contribution in [2.45, 2.75) is 26.4 Å². The van der Waals surface area contributed by atoms with E-state index in [0.717, 1.165) is 17.0 Å². The Bertz CT molecular complexity index is 525. The van der Waals surface area contributed by atoms with Crippen LogP contribution in [0.3, 0.4) is 0 Å². The van der Waals surface area contributed by atoms with Gasteiger partial charge in [-0.15, -0.1) is 0 Å². The summed E-state index contributed by atoms with van der Waals surface area (Å²) in [5.74, 6) is 0.739. The van der Waals surface area contributed by atoms with Gasteiger partial charge in [0.15, 0.2) is 5.82 Å². The van der Waals surface area contributed by atoms with Crippen molar-refractivity contribution >= 4 is 0 Å². The molecular weight excluding hydrogens is 238 g/mol. The first-order valence-corrected chi connectivity index (χ1v) is 6.41. The van der Waals surface area contributed by atoms with E-state index in [1.807, 2.05) is 31.5 Å². The van der Waals surface area contributed by atoms with E-state index in [2.05, 4.69) is 34.3 Å². The molecule has 19 heavy (non-hydrogen) atoms. The molecule has 0 unspecified atom stereocenters. The third-order valence-electron chi connectivity index (χ3n) is 2.91. The molecular formula is C15H19N3O. The van der Waals surface area contributed by atoms with Gasteiger partial charge in [0.1, 0.15) is 0 Å². The van der Waals surface area contributed by atoms with Gasteiger partial charge in [0.2, 0.25) is 0 Å². The third-order valence-corrected chi connectivity index (χ3v) is 2.91. The van der Waals surface area contributed by atoms with Crippen LogP contribution in [0.2, 0.25) is 0 Å². The van der Waals surface area contributed by atoms with Gasteiger partial charge < -0.3 is 10.4 Å². The predicted octanol–water partition coefficient (Wildman–Crippen LogP) is 1.92. The van der Waals surface area contributed by atoms with Gasteiger partial charge in [-0.2, -0.15) is 0 Å².